The predicted octanol–water partition coefficient (Wildman–Crippen LogP) is 4.72. The molecule has 244 valence electrons. The van der Waals surface area contributed by atoms with Gasteiger partial charge in [0.05, 0.1) is 10.6 Å². The molecule has 12 heteroatoms. The van der Waals surface area contributed by atoms with Crippen molar-refractivity contribution in [3.05, 3.63) is 89.4 Å². The number of halogens is 1. The minimum atomic E-state index is -3.67. The Morgan fingerprint density at radius 3 is 2.41 bits per heavy atom. The number of urea groups is 1. The molecule has 5 rings (SSSR count). The first-order valence-corrected chi connectivity index (χ1v) is 17.1. The third-order valence-corrected chi connectivity index (χ3v) is 9.59. The van der Waals surface area contributed by atoms with Crippen molar-refractivity contribution in [1.82, 2.24) is 20.1 Å². The van der Waals surface area contributed by atoms with E-state index >= 15 is 0 Å². The summed E-state index contributed by atoms with van der Waals surface area (Å²) in [5, 5.41) is 6.75. The summed E-state index contributed by atoms with van der Waals surface area (Å²) >= 11 is 0. The van der Waals surface area contributed by atoms with Gasteiger partial charge < -0.3 is 30.3 Å². The van der Waals surface area contributed by atoms with Crippen LogP contribution in [0.4, 0.5) is 20.6 Å². The van der Waals surface area contributed by atoms with Gasteiger partial charge in [-0.3, -0.25) is 4.79 Å². The van der Waals surface area contributed by atoms with Crippen molar-refractivity contribution in [2.45, 2.75) is 37.2 Å². The maximum Gasteiger partial charge on any atom is 0.318 e. The zero-order chi connectivity index (χ0) is 33.2. The van der Waals surface area contributed by atoms with Gasteiger partial charge in [0.15, 0.2) is 9.84 Å². The smallest absolute Gasteiger partial charge is 0.318 e. The normalized spacial score (nSPS) is 15.2. The number of nitrogens with zero attached hydrogens (tertiary/aromatic N) is 3. The van der Waals surface area contributed by atoms with Gasteiger partial charge in [-0.15, -0.1) is 0 Å². The average Bonchev–Trinajstić information content (AvgIpc) is 3.43. The predicted molar refractivity (Wildman–Crippen MR) is 180 cm³/mol. The van der Waals surface area contributed by atoms with E-state index in [1.165, 1.54) is 18.2 Å². The number of aromatic amines is 1. The van der Waals surface area contributed by atoms with Crippen molar-refractivity contribution >= 4 is 44.1 Å². The Hall–Kier alpha value is -4.42. The van der Waals surface area contributed by atoms with E-state index in [4.69, 9.17) is 0 Å². The van der Waals surface area contributed by atoms with Crippen LogP contribution in [0, 0.1) is 12.7 Å². The summed E-state index contributed by atoms with van der Waals surface area (Å²) in [5.41, 5.74) is 4.48. The maximum atomic E-state index is 14.1. The van der Waals surface area contributed by atoms with Crippen molar-refractivity contribution in [3.8, 4) is 0 Å². The number of rotatable bonds is 9. The number of fused-ring (bicyclic) bond motifs is 1. The number of para-hydroxylation sites is 1. The van der Waals surface area contributed by atoms with E-state index in [1.807, 2.05) is 63.3 Å². The number of amides is 3. The molecule has 3 aromatic carbocycles. The number of aromatic nitrogens is 1. The van der Waals surface area contributed by atoms with E-state index < -0.39 is 33.7 Å². The van der Waals surface area contributed by atoms with Crippen LogP contribution in [0.3, 0.4) is 0 Å². The van der Waals surface area contributed by atoms with Crippen LogP contribution in [0.1, 0.15) is 29.5 Å². The fourth-order valence-corrected chi connectivity index (χ4v) is 6.91. The molecule has 0 saturated carbocycles. The van der Waals surface area contributed by atoms with Gasteiger partial charge in [-0.25, -0.2) is 17.6 Å². The lowest BCUT2D eigenvalue weighted by Crippen LogP contribution is -2.56. The Morgan fingerprint density at radius 1 is 1.02 bits per heavy atom. The van der Waals surface area contributed by atoms with Gasteiger partial charge in [-0.2, -0.15) is 0 Å². The van der Waals surface area contributed by atoms with Gasteiger partial charge in [0.1, 0.15) is 11.9 Å². The first-order valence-electron chi connectivity index (χ1n) is 15.2. The minimum Gasteiger partial charge on any atom is -0.368 e. The SMILES string of the molecule is Cc1cc(F)ccc1N1CCN(C(=O)N[C@@H](C(=O)Nc2cc(CN(C)C)ccc2S(C)(=O)=O)[C@@H](C)c2c[nH]c3ccccc23)CC1. The number of benzene rings is 3. The number of H-pyrrole nitrogens is 1. The Kier molecular flexibility index (Phi) is 9.68. The van der Waals surface area contributed by atoms with Gasteiger partial charge in [0, 0.05) is 67.7 Å². The number of hydrogen-bond acceptors (Lipinski definition) is 6. The first-order chi connectivity index (χ1) is 21.8. The summed E-state index contributed by atoms with van der Waals surface area (Å²) < 4.78 is 39.0. The van der Waals surface area contributed by atoms with E-state index in [0.717, 1.165) is 39.5 Å². The van der Waals surface area contributed by atoms with Crippen LogP contribution in [0.15, 0.2) is 71.8 Å². The molecule has 1 aromatic heterocycles. The monoisotopic (exact) mass is 648 g/mol. The minimum absolute atomic E-state index is 0.000360. The lowest BCUT2D eigenvalue weighted by molar-refractivity contribution is -0.118. The van der Waals surface area contributed by atoms with Crippen LogP contribution in [0.25, 0.3) is 10.9 Å². The van der Waals surface area contributed by atoms with Crippen LogP contribution in [-0.4, -0.2) is 87.7 Å². The third kappa shape index (κ3) is 7.34. The van der Waals surface area contributed by atoms with Crippen molar-refractivity contribution < 1.29 is 22.4 Å². The zero-order valence-corrected chi connectivity index (χ0v) is 27.6. The third-order valence-electron chi connectivity index (χ3n) is 8.44. The van der Waals surface area contributed by atoms with Gasteiger partial charge >= 0.3 is 6.03 Å². The Morgan fingerprint density at radius 2 is 1.74 bits per heavy atom. The number of anilines is 2. The molecule has 0 unspecified atom stereocenters. The Labute approximate surface area is 269 Å². The van der Waals surface area contributed by atoms with Crippen LogP contribution >= 0.6 is 0 Å². The average molecular weight is 649 g/mol. The molecule has 1 fully saturated rings. The number of carbonyl (C=O) groups excluding carboxylic acids is 2. The summed E-state index contributed by atoms with van der Waals surface area (Å²) in [6, 6.07) is 15.9. The second-order valence-corrected chi connectivity index (χ2v) is 14.2. The van der Waals surface area contributed by atoms with Crippen molar-refractivity contribution in [2.24, 2.45) is 0 Å². The largest absolute Gasteiger partial charge is 0.368 e. The summed E-state index contributed by atoms with van der Waals surface area (Å²) in [5.74, 6) is -1.30. The molecular formula is C34H41FN6O4S. The molecule has 10 nitrogen and oxygen atoms in total. The van der Waals surface area contributed by atoms with Crippen molar-refractivity contribution in [1.29, 1.82) is 0 Å². The molecular weight excluding hydrogens is 607 g/mol. The number of aryl methyl sites for hydroxylation is 1. The highest BCUT2D eigenvalue weighted by molar-refractivity contribution is 7.90. The zero-order valence-electron chi connectivity index (χ0n) is 26.8. The molecule has 3 amide bonds. The van der Waals surface area contributed by atoms with E-state index in [9.17, 15) is 22.4 Å². The van der Waals surface area contributed by atoms with Gasteiger partial charge in [0.25, 0.3) is 0 Å². The second-order valence-electron chi connectivity index (χ2n) is 12.2. The highest BCUT2D eigenvalue weighted by atomic mass is 32.2. The van der Waals surface area contributed by atoms with Gasteiger partial charge in [-0.05, 0) is 74.1 Å². The molecule has 0 radical (unpaired) electrons. The topological polar surface area (TPSA) is 118 Å². The number of nitrogens with one attached hydrogen (secondary N) is 3. The highest BCUT2D eigenvalue weighted by Gasteiger charge is 2.33. The first kappa shape index (κ1) is 33.0. The molecule has 4 aromatic rings. The molecule has 1 aliphatic heterocycles. The molecule has 3 N–H and O–H groups in total. The summed E-state index contributed by atoms with van der Waals surface area (Å²) in [7, 11) is 0.131. The molecule has 0 bridgehead atoms. The standard InChI is InChI=1S/C34H41FN6O4S/c1-22-18-25(35)11-12-30(22)40-14-16-41(17-15-40)34(43)38-32(23(2)27-20-36-28-9-7-6-8-26(27)28)33(42)37-29-19-24(21-39(3)4)10-13-31(29)46(5,44)45/h6-13,18-20,23,32,36H,14-17,21H2,1-5H3,(H,37,42)(H,38,43)/t23-,32+/m0/s1. The van der Waals surface area contributed by atoms with E-state index in [-0.39, 0.29) is 16.4 Å². The summed E-state index contributed by atoms with van der Waals surface area (Å²) in [4.78, 5) is 36.8. The fraction of sp³-hybridized carbons (Fsp3) is 0.353. The van der Waals surface area contributed by atoms with E-state index in [2.05, 4.69) is 20.5 Å². The molecule has 0 aliphatic carbocycles. The van der Waals surface area contributed by atoms with Crippen LogP contribution in [0.2, 0.25) is 0 Å². The molecule has 1 saturated heterocycles. The molecule has 1 aliphatic rings. The Bertz CT molecular complexity index is 1850. The fourth-order valence-electron chi connectivity index (χ4n) is 6.09. The van der Waals surface area contributed by atoms with E-state index in [1.54, 1.807) is 23.1 Å². The quantitative estimate of drug-likeness (QED) is 0.242. The van der Waals surface area contributed by atoms with Crippen LogP contribution in [-0.2, 0) is 21.2 Å². The number of hydrogen-bond donors (Lipinski definition) is 3. The second kappa shape index (κ2) is 13.5. The lowest BCUT2D eigenvalue weighted by Gasteiger charge is -2.37. The summed E-state index contributed by atoms with van der Waals surface area (Å²) in [6.45, 7) is 6.18. The van der Waals surface area contributed by atoms with Gasteiger partial charge in [0.2, 0.25) is 5.91 Å². The highest BCUT2D eigenvalue weighted by Crippen LogP contribution is 2.30. The molecule has 46 heavy (non-hydrogen) atoms. The van der Waals surface area contributed by atoms with Crippen LogP contribution < -0.4 is 15.5 Å². The molecule has 0 spiro atoms. The maximum absolute atomic E-state index is 14.1. The molecule has 2 atom stereocenters. The van der Waals surface area contributed by atoms with Gasteiger partial charge in [-0.1, -0.05) is 31.2 Å². The lowest BCUT2D eigenvalue weighted by atomic mass is 9.92. The number of piperazine rings is 1. The number of sulfone groups is 1. The summed E-state index contributed by atoms with van der Waals surface area (Å²) in [6.07, 6.45) is 2.94. The van der Waals surface area contributed by atoms with Crippen molar-refractivity contribution in [2.75, 3.05) is 56.7 Å². The number of carbonyl (C=O) groups is 2. The van der Waals surface area contributed by atoms with Crippen LogP contribution in [0.5, 0.6) is 0 Å². The van der Waals surface area contributed by atoms with E-state index in [0.29, 0.717) is 32.7 Å². The van der Waals surface area contributed by atoms with Crippen molar-refractivity contribution in [3.63, 3.8) is 0 Å². The Balaban J connectivity index is 1.41. The molecule has 2 heterocycles.